The first-order valence-corrected chi connectivity index (χ1v) is 21.9. The number of hydrogen-bond acceptors (Lipinski definition) is 17. The van der Waals surface area contributed by atoms with Gasteiger partial charge >= 0.3 is 23.5 Å². The molecular formula is C27H44N7O16P3S. The first-order valence-electron chi connectivity index (χ1n) is 16.4. The Morgan fingerprint density at radius 2 is 1.81 bits per heavy atom. The zero-order chi connectivity index (χ0) is 39.9. The van der Waals surface area contributed by atoms with Gasteiger partial charge < -0.3 is 50.9 Å². The van der Waals surface area contributed by atoms with E-state index in [0.717, 1.165) is 36.5 Å². The molecule has 0 radical (unpaired) electrons. The van der Waals surface area contributed by atoms with E-state index in [0.29, 0.717) is 12.3 Å². The summed E-state index contributed by atoms with van der Waals surface area (Å²) in [5, 5.41) is 26.6. The first kappa shape index (κ1) is 44.3. The molecule has 23 nitrogen and oxygen atoms in total. The first-order chi connectivity index (χ1) is 25.2. The number of aliphatic hydroxyl groups excluding tert-OH is 2. The monoisotopic (exact) mass is 847 g/mol. The average Bonchev–Trinajstić information content (AvgIpc) is 3.65. The highest BCUT2D eigenvalue weighted by Gasteiger charge is 2.50. The SMILES string of the molecule is CC(C)(COP(=O)(O)OP(=O)(O)OC[C@H]1O[C@@H](n2cnc3c(N)ncnc32)[C@H](O)[C@@H]1OP(=O)(O)O)[C@@H](O)C(=O)NCCC(=O)NCCSC1=CCCCC1. The summed E-state index contributed by atoms with van der Waals surface area (Å²) in [6.07, 6.45) is -0.0477. The van der Waals surface area contributed by atoms with Gasteiger partial charge in [-0.25, -0.2) is 28.6 Å². The Morgan fingerprint density at radius 3 is 2.50 bits per heavy atom. The van der Waals surface area contributed by atoms with Gasteiger partial charge in [-0.3, -0.25) is 27.7 Å². The van der Waals surface area contributed by atoms with E-state index in [9.17, 15) is 53.1 Å². The summed E-state index contributed by atoms with van der Waals surface area (Å²) < 4.78 is 62.1. The van der Waals surface area contributed by atoms with Crippen molar-refractivity contribution in [3.63, 3.8) is 0 Å². The maximum absolute atomic E-state index is 12.7. The average molecular weight is 848 g/mol. The van der Waals surface area contributed by atoms with Crippen molar-refractivity contribution in [1.29, 1.82) is 0 Å². The highest BCUT2D eigenvalue weighted by Crippen LogP contribution is 2.61. The number of ether oxygens (including phenoxy) is 1. The summed E-state index contributed by atoms with van der Waals surface area (Å²) in [5.41, 5.74) is 4.32. The van der Waals surface area contributed by atoms with Gasteiger partial charge in [0.15, 0.2) is 17.7 Å². The van der Waals surface area contributed by atoms with Crippen LogP contribution in [0.25, 0.3) is 11.2 Å². The molecule has 1 saturated heterocycles. The number of phosphoric ester groups is 3. The van der Waals surface area contributed by atoms with Crippen LogP contribution in [-0.2, 0) is 45.9 Å². The fourth-order valence-corrected chi connectivity index (χ4v) is 9.07. The zero-order valence-electron chi connectivity index (χ0n) is 29.1. The molecule has 1 aliphatic carbocycles. The summed E-state index contributed by atoms with van der Waals surface area (Å²) >= 11 is 1.69. The maximum atomic E-state index is 12.7. The van der Waals surface area contributed by atoms with Gasteiger partial charge in [0.25, 0.3) is 0 Å². The zero-order valence-corrected chi connectivity index (χ0v) is 32.6. The van der Waals surface area contributed by atoms with Crippen molar-refractivity contribution in [2.75, 3.05) is 37.8 Å². The highest BCUT2D eigenvalue weighted by atomic mass is 32.2. The summed E-state index contributed by atoms with van der Waals surface area (Å²) in [5.74, 6) is -0.565. The second kappa shape index (κ2) is 18.7. The lowest BCUT2D eigenvalue weighted by molar-refractivity contribution is -0.137. The number of nitrogens with two attached hydrogens (primary N) is 1. The Labute approximate surface area is 312 Å². The van der Waals surface area contributed by atoms with Crippen LogP contribution in [0.1, 0.15) is 52.2 Å². The van der Waals surface area contributed by atoms with Crippen LogP contribution in [0.15, 0.2) is 23.6 Å². The number of amides is 2. The molecule has 2 amide bonds. The molecule has 27 heteroatoms. The summed E-state index contributed by atoms with van der Waals surface area (Å²) in [6.45, 7) is 0.917. The van der Waals surface area contributed by atoms with Crippen LogP contribution in [0.4, 0.5) is 5.82 Å². The maximum Gasteiger partial charge on any atom is 0.481 e. The molecule has 2 aromatic heterocycles. The summed E-state index contributed by atoms with van der Waals surface area (Å²) in [6, 6.07) is 0. The van der Waals surface area contributed by atoms with Crippen molar-refractivity contribution in [2.24, 2.45) is 5.41 Å². The van der Waals surface area contributed by atoms with Crippen molar-refractivity contribution in [3.8, 4) is 0 Å². The Kier molecular flexibility index (Phi) is 15.4. The van der Waals surface area contributed by atoms with Gasteiger partial charge in [0, 0.05) is 30.7 Å². The number of nitrogen functional groups attached to an aromatic ring is 1. The largest absolute Gasteiger partial charge is 0.481 e. The fourth-order valence-electron chi connectivity index (χ4n) is 5.25. The van der Waals surface area contributed by atoms with Crippen LogP contribution < -0.4 is 16.4 Å². The van der Waals surface area contributed by atoms with Crippen LogP contribution in [0.5, 0.6) is 0 Å². The predicted octanol–water partition coefficient (Wildman–Crippen LogP) is 0.596. The van der Waals surface area contributed by atoms with Crippen LogP contribution >= 0.6 is 35.2 Å². The predicted molar refractivity (Wildman–Crippen MR) is 189 cm³/mol. The van der Waals surface area contributed by atoms with Crippen molar-refractivity contribution in [2.45, 2.75) is 76.6 Å². The smallest absolute Gasteiger partial charge is 0.386 e. The molecule has 304 valence electrons. The summed E-state index contributed by atoms with van der Waals surface area (Å²) in [4.78, 5) is 76.9. The highest BCUT2D eigenvalue weighted by molar-refractivity contribution is 8.03. The van der Waals surface area contributed by atoms with Crippen LogP contribution in [0, 0.1) is 5.41 Å². The molecule has 0 spiro atoms. The van der Waals surface area contributed by atoms with Gasteiger partial charge in [0.05, 0.1) is 19.5 Å². The third-order valence-electron chi connectivity index (χ3n) is 8.04. The number of carbonyl (C=O) groups is 2. The standard InChI is InChI=1S/C27H44N7O16P3S/c1-27(2,22(37)25(38)30-9-8-18(35)29-10-11-54-16-6-4-3-5-7-16)13-47-53(44,45)50-52(42,43)46-12-17-21(49-51(39,40)41)20(36)26(48-17)34-15-33-19-23(28)31-14-32-24(19)34/h6,14-15,17,20-22,26,36-37H,3-5,7-13H2,1-2H3,(H,29,35)(H,30,38)(H,42,43)(H,44,45)(H2,28,31,32)(H2,39,40,41)/t17-,20-,21-,22+,26-/m1/s1. The number of nitrogens with one attached hydrogen (secondary N) is 2. The number of nitrogens with zero attached hydrogens (tertiary/aromatic N) is 4. The number of aliphatic hydroxyl groups is 2. The van der Waals surface area contributed by atoms with E-state index >= 15 is 0 Å². The van der Waals surface area contributed by atoms with Gasteiger partial charge in [0.2, 0.25) is 11.8 Å². The molecule has 7 atom stereocenters. The second-order valence-electron chi connectivity index (χ2n) is 12.8. The number of aromatic nitrogens is 4. The van der Waals surface area contributed by atoms with Gasteiger partial charge in [-0.15, -0.1) is 11.8 Å². The minimum Gasteiger partial charge on any atom is -0.386 e. The molecule has 2 aromatic rings. The van der Waals surface area contributed by atoms with E-state index in [1.807, 2.05) is 0 Å². The topological polar surface area (TPSA) is 347 Å². The third-order valence-corrected chi connectivity index (χ3v) is 12.3. The molecule has 0 aromatic carbocycles. The number of phosphoric acid groups is 3. The Hall–Kier alpha value is -2.37. The lowest BCUT2D eigenvalue weighted by Gasteiger charge is -2.30. The van der Waals surface area contributed by atoms with E-state index < -0.39 is 78.6 Å². The molecule has 2 aliphatic rings. The molecule has 10 N–H and O–H groups in total. The van der Waals surface area contributed by atoms with Crippen LogP contribution in [-0.4, -0.2) is 118 Å². The minimum atomic E-state index is -5.55. The molecule has 4 rings (SSSR count). The number of imidazole rings is 1. The van der Waals surface area contributed by atoms with Crippen LogP contribution in [0.3, 0.4) is 0 Å². The lowest BCUT2D eigenvalue weighted by Crippen LogP contribution is -2.46. The Balaban J connectivity index is 1.25. The van der Waals surface area contributed by atoms with Gasteiger partial charge in [-0.2, -0.15) is 4.31 Å². The van der Waals surface area contributed by atoms with E-state index in [1.54, 1.807) is 11.8 Å². The van der Waals surface area contributed by atoms with Gasteiger partial charge in [-0.1, -0.05) is 19.9 Å². The summed E-state index contributed by atoms with van der Waals surface area (Å²) in [7, 11) is -16.3. The fraction of sp³-hybridized carbons (Fsp3) is 0.667. The van der Waals surface area contributed by atoms with Crippen LogP contribution in [0.2, 0.25) is 0 Å². The molecule has 0 bridgehead atoms. The van der Waals surface area contributed by atoms with E-state index in [2.05, 4.69) is 40.5 Å². The quantitative estimate of drug-likeness (QED) is 0.0650. The normalized spacial score (nSPS) is 23.7. The Bertz CT molecular complexity index is 1810. The minimum absolute atomic E-state index is 0.0336. The molecule has 0 saturated carbocycles. The molecule has 3 heterocycles. The van der Waals surface area contributed by atoms with E-state index in [1.165, 1.54) is 25.2 Å². The molecule has 1 fully saturated rings. The molecule has 1 aliphatic heterocycles. The number of carbonyl (C=O) groups excluding carboxylic acids is 2. The van der Waals surface area contributed by atoms with Gasteiger partial charge in [0.1, 0.15) is 36.3 Å². The van der Waals surface area contributed by atoms with Crippen molar-refractivity contribution in [3.05, 3.63) is 23.6 Å². The van der Waals surface area contributed by atoms with E-state index in [4.69, 9.17) is 19.5 Å². The molecule has 54 heavy (non-hydrogen) atoms. The number of fused-ring (bicyclic) bond motifs is 1. The van der Waals surface area contributed by atoms with Gasteiger partial charge in [-0.05, 0) is 30.6 Å². The van der Waals surface area contributed by atoms with Crippen molar-refractivity contribution < 1.29 is 75.7 Å². The molecule has 2 unspecified atom stereocenters. The number of allylic oxidation sites excluding steroid dienone is 2. The number of rotatable bonds is 20. The number of thioether (sulfide) groups is 1. The lowest BCUT2D eigenvalue weighted by atomic mass is 9.87. The number of hydrogen-bond donors (Lipinski definition) is 9. The van der Waals surface area contributed by atoms with Crippen molar-refractivity contribution >= 4 is 64.0 Å². The molecular weight excluding hydrogens is 803 g/mol. The number of anilines is 1. The third kappa shape index (κ3) is 12.8. The Morgan fingerprint density at radius 1 is 1.09 bits per heavy atom. The van der Waals surface area contributed by atoms with Crippen molar-refractivity contribution in [1.82, 2.24) is 30.2 Å². The second-order valence-corrected chi connectivity index (χ2v) is 18.3. The van der Waals surface area contributed by atoms with E-state index in [-0.39, 0.29) is 35.9 Å².